The standard InChI is InChI=1S/C8H17N5S/c1-13-11-8(10-12-13)7-9-5-3-4-6-14-2/h9H,3-7H2,1-2H3. The van der Waals surface area contributed by atoms with E-state index >= 15 is 0 Å². The van der Waals surface area contributed by atoms with Crippen molar-refractivity contribution in [2.24, 2.45) is 7.05 Å². The van der Waals surface area contributed by atoms with Crippen LogP contribution in [0.5, 0.6) is 0 Å². The minimum atomic E-state index is 0.715. The lowest BCUT2D eigenvalue weighted by molar-refractivity contribution is 0.609. The molecule has 1 heterocycles. The molecule has 1 N–H and O–H groups in total. The molecule has 0 radical (unpaired) electrons. The fourth-order valence-electron chi connectivity index (χ4n) is 1.09. The van der Waals surface area contributed by atoms with Gasteiger partial charge in [-0.15, -0.1) is 10.2 Å². The predicted molar refractivity (Wildman–Crippen MR) is 58.1 cm³/mol. The van der Waals surface area contributed by atoms with E-state index in [4.69, 9.17) is 0 Å². The van der Waals surface area contributed by atoms with Gasteiger partial charge < -0.3 is 5.32 Å². The Morgan fingerprint density at radius 3 is 2.93 bits per heavy atom. The maximum Gasteiger partial charge on any atom is 0.188 e. The first-order chi connectivity index (χ1) is 6.83. The molecule has 0 bridgehead atoms. The molecule has 0 aromatic carbocycles. The Morgan fingerprint density at radius 2 is 2.29 bits per heavy atom. The van der Waals surface area contributed by atoms with Crippen LogP contribution in [0, 0.1) is 0 Å². The van der Waals surface area contributed by atoms with Crippen molar-refractivity contribution in [3.63, 3.8) is 0 Å². The summed E-state index contributed by atoms with van der Waals surface area (Å²) in [6, 6.07) is 0. The summed E-state index contributed by atoms with van der Waals surface area (Å²) in [6.45, 7) is 1.74. The van der Waals surface area contributed by atoms with E-state index in [-0.39, 0.29) is 0 Å². The Kier molecular flexibility index (Phi) is 5.55. The largest absolute Gasteiger partial charge is 0.310 e. The molecule has 0 aliphatic carbocycles. The number of nitrogens with one attached hydrogen (secondary N) is 1. The lowest BCUT2D eigenvalue weighted by atomic mass is 10.3. The molecule has 0 atom stereocenters. The SMILES string of the molecule is CSCCCCNCc1nnn(C)n1. The van der Waals surface area contributed by atoms with Gasteiger partial charge in [-0.25, -0.2) is 0 Å². The molecule has 0 saturated heterocycles. The summed E-state index contributed by atoms with van der Waals surface area (Å²) in [4.78, 5) is 1.48. The molecule has 0 amide bonds. The van der Waals surface area contributed by atoms with Crippen LogP contribution in [-0.4, -0.2) is 38.8 Å². The highest BCUT2D eigenvalue weighted by atomic mass is 32.2. The fourth-order valence-corrected chi connectivity index (χ4v) is 1.58. The zero-order chi connectivity index (χ0) is 10.2. The predicted octanol–water partition coefficient (Wildman–Crippen LogP) is 0.443. The van der Waals surface area contributed by atoms with Crippen LogP contribution >= 0.6 is 11.8 Å². The van der Waals surface area contributed by atoms with E-state index in [1.165, 1.54) is 23.4 Å². The minimum absolute atomic E-state index is 0.715. The van der Waals surface area contributed by atoms with E-state index in [2.05, 4.69) is 27.0 Å². The van der Waals surface area contributed by atoms with Crippen LogP contribution in [0.2, 0.25) is 0 Å². The van der Waals surface area contributed by atoms with Crippen LogP contribution in [0.25, 0.3) is 0 Å². The molecule has 0 aliphatic heterocycles. The number of rotatable bonds is 7. The topological polar surface area (TPSA) is 55.6 Å². The van der Waals surface area contributed by atoms with E-state index in [0.29, 0.717) is 6.54 Å². The highest BCUT2D eigenvalue weighted by molar-refractivity contribution is 7.98. The maximum absolute atomic E-state index is 4.07. The molecule has 1 aromatic heterocycles. The second-order valence-electron chi connectivity index (χ2n) is 3.07. The molecule has 5 nitrogen and oxygen atoms in total. The average Bonchev–Trinajstić information content (AvgIpc) is 2.58. The molecule has 0 unspecified atom stereocenters. The van der Waals surface area contributed by atoms with E-state index < -0.39 is 0 Å². The third-order valence-corrected chi connectivity index (χ3v) is 2.48. The number of thioether (sulfide) groups is 1. The van der Waals surface area contributed by atoms with Crippen molar-refractivity contribution >= 4 is 11.8 Å². The lowest BCUT2D eigenvalue weighted by Crippen LogP contribution is -2.16. The summed E-state index contributed by atoms with van der Waals surface area (Å²) in [7, 11) is 1.77. The third-order valence-electron chi connectivity index (χ3n) is 1.78. The van der Waals surface area contributed by atoms with Crippen molar-refractivity contribution in [1.82, 2.24) is 25.5 Å². The number of unbranched alkanes of at least 4 members (excludes halogenated alkanes) is 1. The fraction of sp³-hybridized carbons (Fsp3) is 0.875. The number of aromatic nitrogens is 4. The van der Waals surface area contributed by atoms with Crippen LogP contribution in [0.1, 0.15) is 18.7 Å². The highest BCUT2D eigenvalue weighted by Gasteiger charge is 1.98. The number of tetrazole rings is 1. The monoisotopic (exact) mass is 215 g/mol. The number of nitrogens with zero attached hydrogens (tertiary/aromatic N) is 4. The first-order valence-corrected chi connectivity index (χ1v) is 6.15. The van der Waals surface area contributed by atoms with Gasteiger partial charge in [-0.2, -0.15) is 16.6 Å². The molecule has 0 aliphatic rings. The summed E-state index contributed by atoms with van der Waals surface area (Å²) in [6.07, 6.45) is 4.61. The molecule has 6 heteroatoms. The Labute approximate surface area is 88.6 Å². The third kappa shape index (κ3) is 4.57. The Hall–Kier alpha value is -0.620. The molecule has 0 spiro atoms. The number of hydrogen-bond acceptors (Lipinski definition) is 5. The zero-order valence-electron chi connectivity index (χ0n) is 8.73. The van der Waals surface area contributed by atoms with Gasteiger partial charge >= 0.3 is 0 Å². The van der Waals surface area contributed by atoms with Crippen molar-refractivity contribution in [1.29, 1.82) is 0 Å². The van der Waals surface area contributed by atoms with Gasteiger partial charge in [-0.1, -0.05) is 0 Å². The van der Waals surface area contributed by atoms with Crippen LogP contribution in [0.4, 0.5) is 0 Å². The molecular formula is C8H17N5S. The van der Waals surface area contributed by atoms with Gasteiger partial charge in [0.25, 0.3) is 0 Å². The van der Waals surface area contributed by atoms with E-state index in [9.17, 15) is 0 Å². The molecule has 1 aromatic rings. The van der Waals surface area contributed by atoms with Gasteiger partial charge in [-0.3, -0.25) is 0 Å². The van der Waals surface area contributed by atoms with Crippen molar-refractivity contribution in [2.45, 2.75) is 19.4 Å². The Balaban J connectivity index is 1.99. The van der Waals surface area contributed by atoms with Crippen molar-refractivity contribution in [3.8, 4) is 0 Å². The van der Waals surface area contributed by atoms with Gasteiger partial charge in [0, 0.05) is 0 Å². The molecule has 1 rings (SSSR count). The summed E-state index contributed by atoms with van der Waals surface area (Å²) >= 11 is 1.89. The van der Waals surface area contributed by atoms with E-state index in [1.54, 1.807) is 7.05 Å². The molecule has 80 valence electrons. The summed E-state index contributed by atoms with van der Waals surface area (Å²) in [5.41, 5.74) is 0. The van der Waals surface area contributed by atoms with E-state index in [1.807, 2.05) is 11.8 Å². The van der Waals surface area contributed by atoms with Gasteiger partial charge in [0.1, 0.15) is 0 Å². The second-order valence-corrected chi connectivity index (χ2v) is 4.06. The number of hydrogen-bond donors (Lipinski definition) is 1. The average molecular weight is 215 g/mol. The first kappa shape index (κ1) is 11.5. The van der Waals surface area contributed by atoms with Crippen molar-refractivity contribution < 1.29 is 0 Å². The Bertz CT molecular complexity index is 250. The van der Waals surface area contributed by atoms with Gasteiger partial charge in [-0.05, 0) is 36.6 Å². The normalized spacial score (nSPS) is 10.7. The smallest absolute Gasteiger partial charge is 0.188 e. The second kappa shape index (κ2) is 6.78. The van der Waals surface area contributed by atoms with Crippen molar-refractivity contribution in [2.75, 3.05) is 18.6 Å². The first-order valence-electron chi connectivity index (χ1n) is 4.75. The quantitative estimate of drug-likeness (QED) is 0.669. The Morgan fingerprint density at radius 1 is 1.43 bits per heavy atom. The lowest BCUT2D eigenvalue weighted by Gasteiger charge is -2.00. The van der Waals surface area contributed by atoms with Gasteiger partial charge in [0.15, 0.2) is 5.82 Å². The molecular weight excluding hydrogens is 198 g/mol. The maximum atomic E-state index is 4.07. The molecule has 0 fully saturated rings. The van der Waals surface area contributed by atoms with Crippen LogP contribution < -0.4 is 5.32 Å². The van der Waals surface area contributed by atoms with Crippen LogP contribution in [-0.2, 0) is 13.6 Å². The number of aryl methyl sites for hydroxylation is 1. The van der Waals surface area contributed by atoms with Gasteiger partial charge in [0.2, 0.25) is 0 Å². The van der Waals surface area contributed by atoms with Crippen LogP contribution in [0.15, 0.2) is 0 Å². The minimum Gasteiger partial charge on any atom is -0.310 e. The summed E-state index contributed by atoms with van der Waals surface area (Å²) in [5.74, 6) is 2.00. The summed E-state index contributed by atoms with van der Waals surface area (Å²) in [5, 5.41) is 15.0. The van der Waals surface area contributed by atoms with E-state index in [0.717, 1.165) is 12.4 Å². The van der Waals surface area contributed by atoms with Crippen LogP contribution in [0.3, 0.4) is 0 Å². The highest BCUT2D eigenvalue weighted by Crippen LogP contribution is 1.97. The molecule has 0 saturated carbocycles. The summed E-state index contributed by atoms with van der Waals surface area (Å²) < 4.78 is 0. The molecule has 14 heavy (non-hydrogen) atoms. The van der Waals surface area contributed by atoms with Gasteiger partial charge in [0.05, 0.1) is 13.6 Å². The van der Waals surface area contributed by atoms with Crippen molar-refractivity contribution in [3.05, 3.63) is 5.82 Å². The zero-order valence-corrected chi connectivity index (χ0v) is 9.55.